The van der Waals surface area contributed by atoms with Crippen LogP contribution < -0.4 is 14.7 Å². The van der Waals surface area contributed by atoms with Gasteiger partial charge in [0.25, 0.3) is 17.7 Å². The smallest absolute Gasteiger partial charge is 0.404 e. The SMILES string of the molecule is C.C=COC(=O)O[C@H]1c2nccnc2C(=O)N1c1ccc(Cl)cn1.C=COC(=O)O[C@H]1c2nccnc2C(=O)N1c1ccc(Cl)cn1.O=C1c2nccnc2[C@H](O)N1c1ccc(Cl)cn1. The fourth-order valence-electron chi connectivity index (χ4n) is 5.92. The van der Waals surface area contributed by atoms with E-state index >= 15 is 0 Å². The van der Waals surface area contributed by atoms with Crippen molar-refractivity contribution >= 4 is 82.3 Å². The highest BCUT2D eigenvalue weighted by molar-refractivity contribution is 6.31. The van der Waals surface area contributed by atoms with E-state index in [4.69, 9.17) is 44.3 Å². The number of anilines is 3. The minimum Gasteiger partial charge on any atom is -0.404 e. The van der Waals surface area contributed by atoms with E-state index in [1.165, 1.54) is 67.9 Å². The van der Waals surface area contributed by atoms with E-state index in [0.29, 0.717) is 20.9 Å². The molecular weight excluding hydrogens is 915 g/mol. The molecule has 0 saturated heterocycles. The number of carbonyl (C=O) groups excluding carboxylic acids is 5. The van der Waals surface area contributed by atoms with E-state index in [9.17, 15) is 29.1 Å². The van der Waals surface area contributed by atoms with E-state index in [-0.39, 0.29) is 53.2 Å². The Morgan fingerprint density at radius 1 is 0.523 bits per heavy atom. The van der Waals surface area contributed by atoms with Gasteiger partial charge in [-0.25, -0.2) is 49.3 Å². The Labute approximate surface area is 381 Å². The average Bonchev–Trinajstić information content (AvgIpc) is 3.84. The average molecular weight is 944 g/mol. The second-order valence-electron chi connectivity index (χ2n) is 12.3. The predicted octanol–water partition coefficient (Wildman–Crippen LogP) is 6.77. The van der Waals surface area contributed by atoms with Crippen molar-refractivity contribution in [2.45, 2.75) is 26.1 Å². The predicted molar refractivity (Wildman–Crippen MR) is 227 cm³/mol. The Morgan fingerprint density at radius 2 is 0.846 bits per heavy atom. The molecule has 0 aromatic carbocycles. The lowest BCUT2D eigenvalue weighted by Crippen LogP contribution is -2.31. The van der Waals surface area contributed by atoms with Gasteiger partial charge in [-0.2, -0.15) is 0 Å². The number of hydrogen-bond donors (Lipinski definition) is 1. The van der Waals surface area contributed by atoms with Crippen molar-refractivity contribution in [1.82, 2.24) is 44.9 Å². The molecule has 9 rings (SSSR count). The molecule has 1 N–H and O–H groups in total. The summed E-state index contributed by atoms with van der Waals surface area (Å²) in [6.45, 7) is 6.53. The summed E-state index contributed by atoms with van der Waals surface area (Å²) in [5, 5.41) is 11.3. The molecule has 0 unspecified atom stereocenters. The first-order valence-electron chi connectivity index (χ1n) is 17.8. The highest BCUT2D eigenvalue weighted by atomic mass is 35.5. The number of halogens is 3. The van der Waals surface area contributed by atoms with Crippen molar-refractivity contribution in [1.29, 1.82) is 0 Å². The molecule has 9 heterocycles. The molecule has 0 radical (unpaired) electrons. The van der Waals surface area contributed by atoms with Crippen LogP contribution in [-0.4, -0.2) is 80.0 Å². The number of ether oxygens (including phenoxy) is 4. The van der Waals surface area contributed by atoms with Crippen LogP contribution in [0.3, 0.4) is 0 Å². The Bertz CT molecular complexity index is 2640. The molecule has 0 bridgehead atoms. The second-order valence-corrected chi connectivity index (χ2v) is 13.6. The number of amides is 3. The summed E-state index contributed by atoms with van der Waals surface area (Å²) in [6.07, 6.45) is 8.80. The number of aliphatic hydroxyl groups excluding tert-OH is 1. The fraction of sp³-hybridized carbons (Fsp3) is 0.100. The zero-order valence-corrected chi connectivity index (χ0v) is 34.4. The van der Waals surface area contributed by atoms with Crippen molar-refractivity contribution in [3.05, 3.63) is 167 Å². The van der Waals surface area contributed by atoms with Crippen molar-refractivity contribution in [3.63, 3.8) is 0 Å². The van der Waals surface area contributed by atoms with Gasteiger partial charge in [-0.15, -0.1) is 0 Å². The van der Waals surface area contributed by atoms with Gasteiger partial charge in [0.05, 0.1) is 27.6 Å². The van der Waals surface area contributed by atoms with Crippen LogP contribution in [0.2, 0.25) is 15.1 Å². The molecule has 65 heavy (non-hydrogen) atoms. The Balaban J connectivity index is 0.000000162. The molecule has 25 heteroatoms. The van der Waals surface area contributed by atoms with Gasteiger partial charge in [0.2, 0.25) is 12.5 Å². The van der Waals surface area contributed by atoms with Crippen LogP contribution in [0.1, 0.15) is 74.7 Å². The van der Waals surface area contributed by atoms with E-state index in [1.54, 1.807) is 24.3 Å². The van der Waals surface area contributed by atoms with Gasteiger partial charge in [0, 0.05) is 55.8 Å². The van der Waals surface area contributed by atoms with Crippen LogP contribution in [0.25, 0.3) is 0 Å². The number of rotatable bonds is 7. The summed E-state index contributed by atoms with van der Waals surface area (Å²) in [4.78, 5) is 99.8. The standard InChI is InChI=1S/2C14H9ClN4O4.C11H7ClN4O2.CH4/c2*1-2-22-14(21)23-13-11-10(16-5-6-17-11)12(20)19(13)9-4-3-8(15)7-18-9;12-6-1-2-7(15-5-6)16-10(17)8-9(11(16)18)14-4-3-13-8;/h2*2-7,13H,1H2;1-5,10,17H;1H4/t2*13-;10-;/m000./s1. The molecule has 3 atom stereocenters. The zero-order chi connectivity index (χ0) is 45.5. The summed E-state index contributed by atoms with van der Waals surface area (Å²) in [6, 6.07) is 9.28. The summed E-state index contributed by atoms with van der Waals surface area (Å²) in [5.41, 5.74) is 0.896. The Morgan fingerprint density at radius 3 is 1.18 bits per heavy atom. The van der Waals surface area contributed by atoms with Crippen LogP contribution in [-0.2, 0) is 18.9 Å². The number of fused-ring (bicyclic) bond motifs is 3. The molecule has 6 aromatic heterocycles. The fourth-order valence-corrected chi connectivity index (χ4v) is 6.26. The monoisotopic (exact) mass is 942 g/mol. The lowest BCUT2D eigenvalue weighted by Gasteiger charge is -2.22. The summed E-state index contributed by atoms with van der Waals surface area (Å²) in [7, 11) is 0. The number of pyridine rings is 3. The normalized spacial score (nSPS) is 16.3. The lowest BCUT2D eigenvalue weighted by molar-refractivity contribution is 0.0438. The number of aromatic nitrogens is 9. The van der Waals surface area contributed by atoms with Crippen molar-refractivity contribution in [2.24, 2.45) is 0 Å². The van der Waals surface area contributed by atoms with E-state index < -0.39 is 48.7 Å². The van der Waals surface area contributed by atoms with Crippen LogP contribution >= 0.6 is 34.8 Å². The number of aliphatic hydroxyl groups is 1. The summed E-state index contributed by atoms with van der Waals surface area (Å²) < 4.78 is 19.4. The quantitative estimate of drug-likeness (QED) is 0.128. The second kappa shape index (κ2) is 20.4. The van der Waals surface area contributed by atoms with Gasteiger partial charge in [0.15, 0.2) is 23.3 Å². The summed E-state index contributed by atoms with van der Waals surface area (Å²) >= 11 is 17.3. The zero-order valence-electron chi connectivity index (χ0n) is 32.1. The Hall–Kier alpha value is -8.05. The number of nitrogens with zero attached hydrogens (tertiary/aromatic N) is 12. The third-order valence-electron chi connectivity index (χ3n) is 8.52. The van der Waals surface area contributed by atoms with E-state index in [1.807, 2.05) is 0 Å². The Kier molecular flexibility index (Phi) is 14.6. The van der Waals surface area contributed by atoms with Gasteiger partial charge < -0.3 is 24.1 Å². The molecular formula is C40H29Cl3N12O10. The lowest BCUT2D eigenvalue weighted by atomic mass is 10.3. The third-order valence-corrected chi connectivity index (χ3v) is 9.19. The largest absolute Gasteiger partial charge is 0.515 e. The first kappa shape index (κ1) is 46.5. The van der Waals surface area contributed by atoms with Crippen LogP contribution in [0.15, 0.2) is 118 Å². The molecule has 3 aliphatic heterocycles. The minimum atomic E-state index is -1.17. The van der Waals surface area contributed by atoms with Crippen molar-refractivity contribution in [2.75, 3.05) is 14.7 Å². The molecule has 0 fully saturated rings. The molecule has 330 valence electrons. The van der Waals surface area contributed by atoms with Crippen LogP contribution in [0.4, 0.5) is 27.0 Å². The first-order chi connectivity index (χ1) is 30.9. The van der Waals surface area contributed by atoms with Gasteiger partial charge in [-0.3, -0.25) is 34.2 Å². The topological polar surface area (TPSA) is 268 Å². The third kappa shape index (κ3) is 9.79. The van der Waals surface area contributed by atoms with E-state index in [0.717, 1.165) is 27.2 Å². The molecule has 22 nitrogen and oxygen atoms in total. The maximum atomic E-state index is 12.5. The van der Waals surface area contributed by atoms with Gasteiger partial charge in [-0.05, 0) is 36.4 Å². The maximum Gasteiger partial charge on any atom is 0.515 e. The molecule has 0 spiro atoms. The maximum absolute atomic E-state index is 12.5. The first-order valence-corrected chi connectivity index (χ1v) is 19.0. The van der Waals surface area contributed by atoms with Crippen molar-refractivity contribution < 1.29 is 48.0 Å². The molecule has 0 aliphatic carbocycles. The minimum absolute atomic E-state index is 0. The highest BCUT2D eigenvalue weighted by Gasteiger charge is 2.45. The molecule has 0 saturated carbocycles. The van der Waals surface area contributed by atoms with Crippen LogP contribution in [0, 0.1) is 0 Å². The number of hydrogen-bond acceptors (Lipinski definition) is 19. The van der Waals surface area contributed by atoms with Crippen LogP contribution in [0.5, 0.6) is 0 Å². The molecule has 3 amide bonds. The van der Waals surface area contributed by atoms with Gasteiger partial charge in [0.1, 0.15) is 34.5 Å². The number of carbonyl (C=O) groups is 5. The van der Waals surface area contributed by atoms with Crippen molar-refractivity contribution in [3.8, 4) is 0 Å². The molecule has 3 aliphatic rings. The molecule has 6 aromatic rings. The van der Waals surface area contributed by atoms with E-state index in [2.05, 4.69) is 67.5 Å². The summed E-state index contributed by atoms with van der Waals surface area (Å²) in [5.74, 6) is -0.665. The van der Waals surface area contributed by atoms with Gasteiger partial charge >= 0.3 is 12.3 Å². The van der Waals surface area contributed by atoms with Gasteiger partial charge in [-0.1, -0.05) is 55.4 Å². The highest BCUT2D eigenvalue weighted by Crippen LogP contribution is 2.37.